The molecule has 27 heavy (non-hydrogen) atoms. The van der Waals surface area contributed by atoms with Gasteiger partial charge in [-0.1, -0.05) is 49.6 Å². The summed E-state index contributed by atoms with van der Waals surface area (Å²) in [5.41, 5.74) is 1.45. The molecule has 0 unspecified atom stereocenters. The van der Waals surface area contributed by atoms with Crippen LogP contribution in [0.1, 0.15) is 12.5 Å². The first-order valence-electron chi connectivity index (χ1n) is 8.60. The van der Waals surface area contributed by atoms with Gasteiger partial charge in [0.2, 0.25) is 0 Å². The normalized spacial score (nSPS) is 10.6. The summed E-state index contributed by atoms with van der Waals surface area (Å²) in [5.74, 6) is -0.350. The summed E-state index contributed by atoms with van der Waals surface area (Å²) in [5, 5.41) is 4.27. The summed E-state index contributed by atoms with van der Waals surface area (Å²) in [6, 6.07) is 15.8. The molecule has 0 atom stereocenters. The van der Waals surface area contributed by atoms with E-state index in [-0.39, 0.29) is 0 Å². The molecular weight excluding hydrogens is 340 g/mol. The van der Waals surface area contributed by atoms with Gasteiger partial charge in [-0.3, -0.25) is 0 Å². The van der Waals surface area contributed by atoms with Crippen molar-refractivity contribution in [3.63, 3.8) is 0 Å². The topological polar surface area (TPSA) is 52.6 Å². The smallest absolute Gasteiger partial charge is 0.338 e. The van der Waals surface area contributed by atoms with Crippen LogP contribution < -0.4 is 4.74 Å². The number of benzene rings is 3. The predicted molar refractivity (Wildman–Crippen MR) is 107 cm³/mol. The van der Waals surface area contributed by atoms with E-state index in [0.717, 1.165) is 33.2 Å². The van der Waals surface area contributed by atoms with Gasteiger partial charge >= 0.3 is 11.9 Å². The third-order valence-corrected chi connectivity index (χ3v) is 4.23. The second-order valence-corrected chi connectivity index (χ2v) is 6.30. The van der Waals surface area contributed by atoms with E-state index < -0.39 is 11.9 Å². The van der Waals surface area contributed by atoms with Gasteiger partial charge in [0.05, 0.1) is 6.61 Å². The molecule has 136 valence electrons. The van der Waals surface area contributed by atoms with E-state index in [1.807, 2.05) is 30.3 Å². The van der Waals surface area contributed by atoms with Crippen LogP contribution in [-0.2, 0) is 20.7 Å². The molecule has 0 amide bonds. The molecule has 3 aromatic rings. The van der Waals surface area contributed by atoms with E-state index in [1.165, 1.54) is 0 Å². The van der Waals surface area contributed by atoms with Crippen molar-refractivity contribution >= 4 is 33.5 Å². The molecule has 3 rings (SSSR count). The average Bonchev–Trinajstić information content (AvgIpc) is 2.67. The maximum Gasteiger partial charge on any atom is 0.338 e. The Kier molecular flexibility index (Phi) is 5.36. The van der Waals surface area contributed by atoms with Gasteiger partial charge in [-0.05, 0) is 46.2 Å². The zero-order chi connectivity index (χ0) is 19.4. The first-order valence-corrected chi connectivity index (χ1v) is 8.60. The van der Waals surface area contributed by atoms with Crippen molar-refractivity contribution in [3.05, 3.63) is 78.9 Å². The molecule has 0 fully saturated rings. The number of hydrogen-bond acceptors (Lipinski definition) is 4. The van der Waals surface area contributed by atoms with Gasteiger partial charge in [-0.25, -0.2) is 9.59 Å². The molecule has 0 aliphatic carbocycles. The third kappa shape index (κ3) is 4.23. The summed E-state index contributed by atoms with van der Waals surface area (Å²) >= 11 is 0. The zero-order valence-corrected chi connectivity index (χ0v) is 15.2. The average molecular weight is 360 g/mol. The van der Waals surface area contributed by atoms with Crippen molar-refractivity contribution < 1.29 is 19.1 Å². The van der Waals surface area contributed by atoms with E-state index in [0.29, 0.717) is 24.4 Å². The number of esters is 2. The number of rotatable bonds is 6. The minimum atomic E-state index is -0.433. The minimum Gasteiger partial charge on any atom is -0.462 e. The van der Waals surface area contributed by atoms with E-state index >= 15 is 0 Å². The van der Waals surface area contributed by atoms with Crippen LogP contribution in [0.25, 0.3) is 21.5 Å². The highest BCUT2D eigenvalue weighted by atomic mass is 16.5. The number of ether oxygens (including phenoxy) is 2. The van der Waals surface area contributed by atoms with Gasteiger partial charge in [0.1, 0.15) is 5.75 Å². The molecule has 0 heterocycles. The Balaban J connectivity index is 1.86. The fourth-order valence-corrected chi connectivity index (χ4v) is 2.84. The van der Waals surface area contributed by atoms with Crippen molar-refractivity contribution in [1.82, 2.24) is 0 Å². The highest BCUT2D eigenvalue weighted by molar-refractivity contribution is 6.08. The molecular formula is C23H20O4. The molecule has 0 radical (unpaired) electrons. The van der Waals surface area contributed by atoms with E-state index in [9.17, 15) is 9.59 Å². The highest BCUT2D eigenvalue weighted by Crippen LogP contribution is 2.29. The molecule has 4 nitrogen and oxygen atoms in total. The first kappa shape index (κ1) is 18.4. The van der Waals surface area contributed by atoms with Crippen LogP contribution in [0.4, 0.5) is 0 Å². The molecule has 0 aliphatic heterocycles. The second kappa shape index (κ2) is 7.87. The fraction of sp³-hybridized carbons (Fsp3) is 0.130. The first-order chi connectivity index (χ1) is 13.0. The lowest BCUT2D eigenvalue weighted by Crippen LogP contribution is -2.07. The molecule has 0 bridgehead atoms. The van der Waals surface area contributed by atoms with Crippen LogP contribution in [0.5, 0.6) is 5.75 Å². The van der Waals surface area contributed by atoms with E-state index in [1.54, 1.807) is 13.0 Å². The van der Waals surface area contributed by atoms with Crippen LogP contribution in [-0.4, -0.2) is 18.5 Å². The molecule has 3 aromatic carbocycles. The standard InChI is InChI=1S/C23H20O4/c1-4-22(24)26-12-11-16-5-9-20-17(13-16)6-7-18-14-19(8-10-21(18)20)27-23(25)15(2)3/h4-10,13-14H,1-2,11-12H2,3H3. The van der Waals surface area contributed by atoms with Gasteiger partial charge in [-0.15, -0.1) is 0 Å². The van der Waals surface area contributed by atoms with Gasteiger partial charge in [0, 0.05) is 18.1 Å². The summed E-state index contributed by atoms with van der Waals surface area (Å²) in [6.45, 7) is 8.91. The lowest BCUT2D eigenvalue weighted by molar-refractivity contribution is -0.137. The lowest BCUT2D eigenvalue weighted by atomic mass is 9.99. The Bertz CT molecular complexity index is 1060. The zero-order valence-electron chi connectivity index (χ0n) is 15.2. The monoisotopic (exact) mass is 360 g/mol. The van der Waals surface area contributed by atoms with Gasteiger partial charge < -0.3 is 9.47 Å². The van der Waals surface area contributed by atoms with E-state index in [2.05, 4.69) is 25.3 Å². The van der Waals surface area contributed by atoms with Crippen LogP contribution in [0, 0.1) is 0 Å². The number of carbonyl (C=O) groups is 2. The Labute approximate surface area is 157 Å². The Morgan fingerprint density at radius 2 is 1.67 bits per heavy atom. The SMILES string of the molecule is C=CC(=O)OCCc1ccc2c(ccc3cc(OC(=O)C(=C)C)ccc32)c1. The van der Waals surface area contributed by atoms with Gasteiger partial charge in [-0.2, -0.15) is 0 Å². The fourth-order valence-electron chi connectivity index (χ4n) is 2.84. The summed E-state index contributed by atoms with van der Waals surface area (Å²) in [4.78, 5) is 22.8. The lowest BCUT2D eigenvalue weighted by Gasteiger charge is -2.09. The van der Waals surface area contributed by atoms with Crippen molar-refractivity contribution in [2.24, 2.45) is 0 Å². The number of fused-ring (bicyclic) bond motifs is 3. The second-order valence-electron chi connectivity index (χ2n) is 6.30. The Morgan fingerprint density at radius 3 is 2.33 bits per heavy atom. The molecule has 0 aliphatic rings. The van der Waals surface area contributed by atoms with Crippen molar-refractivity contribution in [2.75, 3.05) is 6.61 Å². The maximum atomic E-state index is 11.7. The minimum absolute atomic E-state index is 0.321. The van der Waals surface area contributed by atoms with Crippen LogP contribution in [0.3, 0.4) is 0 Å². The number of hydrogen-bond donors (Lipinski definition) is 0. The summed E-state index contributed by atoms with van der Waals surface area (Å²) in [7, 11) is 0. The quantitative estimate of drug-likeness (QED) is 0.276. The number of carbonyl (C=O) groups excluding carboxylic acids is 2. The van der Waals surface area contributed by atoms with Crippen LogP contribution >= 0.6 is 0 Å². The molecule has 0 saturated heterocycles. The third-order valence-electron chi connectivity index (χ3n) is 4.23. The van der Waals surface area contributed by atoms with Crippen LogP contribution in [0.15, 0.2) is 73.3 Å². The molecule has 0 aromatic heterocycles. The Hall–Kier alpha value is -3.40. The van der Waals surface area contributed by atoms with Crippen molar-refractivity contribution in [2.45, 2.75) is 13.3 Å². The largest absolute Gasteiger partial charge is 0.462 e. The van der Waals surface area contributed by atoms with Crippen molar-refractivity contribution in [1.29, 1.82) is 0 Å². The van der Waals surface area contributed by atoms with E-state index in [4.69, 9.17) is 9.47 Å². The molecule has 0 saturated carbocycles. The Morgan fingerprint density at radius 1 is 1.00 bits per heavy atom. The molecule has 4 heteroatoms. The van der Waals surface area contributed by atoms with Gasteiger partial charge in [0.15, 0.2) is 0 Å². The summed E-state index contributed by atoms with van der Waals surface area (Å²) in [6.07, 6.45) is 1.80. The molecule has 0 N–H and O–H groups in total. The van der Waals surface area contributed by atoms with Gasteiger partial charge in [0.25, 0.3) is 0 Å². The maximum absolute atomic E-state index is 11.7. The molecule has 0 spiro atoms. The van der Waals surface area contributed by atoms with Crippen LogP contribution in [0.2, 0.25) is 0 Å². The summed E-state index contributed by atoms with van der Waals surface area (Å²) < 4.78 is 10.3. The van der Waals surface area contributed by atoms with Crippen molar-refractivity contribution in [3.8, 4) is 5.75 Å². The predicted octanol–water partition coefficient (Wildman–Crippen LogP) is 4.75. The highest BCUT2D eigenvalue weighted by Gasteiger charge is 2.08.